The van der Waals surface area contributed by atoms with E-state index >= 15 is 0 Å². The van der Waals surface area contributed by atoms with E-state index in [0.717, 1.165) is 13.0 Å². The molecule has 1 aromatic rings. The van der Waals surface area contributed by atoms with Gasteiger partial charge in [-0.05, 0) is 45.2 Å². The molecule has 0 aliphatic rings. The Bertz CT molecular complexity index is 455. The fourth-order valence-electron chi connectivity index (χ4n) is 2.14. The molecule has 0 spiro atoms. The van der Waals surface area contributed by atoms with Crippen molar-refractivity contribution in [3.05, 3.63) is 29.3 Å². The van der Waals surface area contributed by atoms with Crippen molar-refractivity contribution in [2.24, 2.45) is 5.73 Å². The fourth-order valence-corrected chi connectivity index (χ4v) is 2.14. The summed E-state index contributed by atoms with van der Waals surface area (Å²) >= 11 is 0. The Hall–Kier alpha value is -1.55. The topological polar surface area (TPSA) is 66.6 Å². The van der Waals surface area contributed by atoms with Crippen molar-refractivity contribution in [3.8, 4) is 0 Å². The number of rotatable bonds is 6. The molecule has 1 unspecified atom stereocenters. The highest BCUT2D eigenvalue weighted by Crippen LogP contribution is 2.20. The zero-order valence-electron chi connectivity index (χ0n) is 12.2. The monoisotopic (exact) mass is 264 g/mol. The van der Waals surface area contributed by atoms with Crippen molar-refractivity contribution in [2.45, 2.75) is 39.2 Å². The molecule has 0 aliphatic heterocycles. The number of carboxylic acids is 1. The van der Waals surface area contributed by atoms with E-state index in [-0.39, 0.29) is 0 Å². The van der Waals surface area contributed by atoms with Gasteiger partial charge >= 0.3 is 5.97 Å². The van der Waals surface area contributed by atoms with Gasteiger partial charge in [-0.3, -0.25) is 4.79 Å². The molecule has 0 amide bonds. The molecule has 1 atom stereocenters. The van der Waals surface area contributed by atoms with Gasteiger partial charge in [0, 0.05) is 19.3 Å². The van der Waals surface area contributed by atoms with Gasteiger partial charge in [0.1, 0.15) is 5.54 Å². The summed E-state index contributed by atoms with van der Waals surface area (Å²) in [4.78, 5) is 13.1. The fraction of sp³-hybridized carbons (Fsp3) is 0.533. The van der Waals surface area contributed by atoms with Crippen LogP contribution in [-0.4, -0.2) is 30.2 Å². The van der Waals surface area contributed by atoms with Crippen molar-refractivity contribution in [2.75, 3.05) is 18.5 Å². The second kappa shape index (κ2) is 6.06. The third kappa shape index (κ3) is 4.24. The van der Waals surface area contributed by atoms with E-state index < -0.39 is 11.5 Å². The van der Waals surface area contributed by atoms with Gasteiger partial charge in [-0.25, -0.2) is 0 Å². The minimum absolute atomic E-state index is 0.470. The van der Waals surface area contributed by atoms with Crippen LogP contribution in [0.1, 0.15) is 30.9 Å². The third-order valence-corrected chi connectivity index (χ3v) is 3.44. The number of hydrogen-bond acceptors (Lipinski definition) is 3. The number of aryl methyl sites for hydroxylation is 2. The number of carboxylic acid groups (broad SMARTS) is 1. The Balaban J connectivity index is 2.56. The summed E-state index contributed by atoms with van der Waals surface area (Å²) in [7, 11) is 2.02. The first-order chi connectivity index (χ1) is 8.74. The molecule has 3 N–H and O–H groups in total. The van der Waals surface area contributed by atoms with Gasteiger partial charge in [-0.2, -0.15) is 0 Å². The Kier molecular flexibility index (Phi) is 4.95. The average molecular weight is 264 g/mol. The van der Waals surface area contributed by atoms with Gasteiger partial charge < -0.3 is 15.7 Å². The SMILES string of the molecule is Cc1ccc(N(C)CCCC(C)(N)C(=O)O)c(C)c1. The molecule has 0 heterocycles. The number of aliphatic carboxylic acids is 1. The zero-order valence-corrected chi connectivity index (χ0v) is 12.2. The molecule has 0 fully saturated rings. The largest absolute Gasteiger partial charge is 0.480 e. The van der Waals surface area contributed by atoms with Crippen LogP contribution in [0.25, 0.3) is 0 Å². The van der Waals surface area contributed by atoms with Crippen LogP contribution in [-0.2, 0) is 4.79 Å². The highest BCUT2D eigenvalue weighted by Gasteiger charge is 2.27. The first-order valence-electron chi connectivity index (χ1n) is 6.55. The molecule has 0 aliphatic carbocycles. The standard InChI is InChI=1S/C15H24N2O2/c1-11-6-7-13(12(2)10-11)17(4)9-5-8-15(3,16)14(18)19/h6-7,10H,5,8-9,16H2,1-4H3,(H,18,19). The van der Waals surface area contributed by atoms with E-state index in [1.54, 1.807) is 6.92 Å². The number of benzene rings is 1. The first kappa shape index (κ1) is 15.5. The lowest BCUT2D eigenvalue weighted by Gasteiger charge is -2.24. The Labute approximate surface area is 115 Å². The second-order valence-electron chi connectivity index (χ2n) is 5.54. The molecule has 0 bridgehead atoms. The van der Waals surface area contributed by atoms with Gasteiger partial charge in [0.2, 0.25) is 0 Å². The lowest BCUT2D eigenvalue weighted by atomic mass is 9.97. The number of nitrogens with two attached hydrogens (primary N) is 1. The van der Waals surface area contributed by atoms with Crippen LogP contribution in [0.2, 0.25) is 0 Å². The third-order valence-electron chi connectivity index (χ3n) is 3.44. The summed E-state index contributed by atoms with van der Waals surface area (Å²) in [5.74, 6) is -0.943. The minimum atomic E-state index is -1.14. The highest BCUT2D eigenvalue weighted by molar-refractivity contribution is 5.77. The van der Waals surface area contributed by atoms with Gasteiger partial charge in [-0.1, -0.05) is 17.7 Å². The van der Waals surface area contributed by atoms with E-state index in [4.69, 9.17) is 10.8 Å². The van der Waals surface area contributed by atoms with Crippen molar-refractivity contribution in [3.63, 3.8) is 0 Å². The lowest BCUT2D eigenvalue weighted by Crippen LogP contribution is -2.45. The second-order valence-corrected chi connectivity index (χ2v) is 5.54. The Morgan fingerprint density at radius 1 is 1.42 bits per heavy atom. The van der Waals surface area contributed by atoms with E-state index in [1.807, 2.05) is 7.05 Å². The van der Waals surface area contributed by atoms with Gasteiger partial charge in [-0.15, -0.1) is 0 Å². The summed E-state index contributed by atoms with van der Waals surface area (Å²) in [5.41, 5.74) is 8.24. The molecule has 4 heteroatoms. The molecular formula is C15H24N2O2. The number of anilines is 1. The molecule has 0 aromatic heterocycles. The van der Waals surface area contributed by atoms with Gasteiger partial charge in [0.15, 0.2) is 0 Å². The van der Waals surface area contributed by atoms with Crippen LogP contribution < -0.4 is 10.6 Å². The van der Waals surface area contributed by atoms with Crippen LogP contribution in [0.3, 0.4) is 0 Å². The molecule has 1 aromatic carbocycles. The maximum Gasteiger partial charge on any atom is 0.323 e. The van der Waals surface area contributed by atoms with Crippen LogP contribution >= 0.6 is 0 Å². The predicted octanol–water partition coefficient (Wildman–Crippen LogP) is 2.32. The van der Waals surface area contributed by atoms with Crippen molar-refractivity contribution < 1.29 is 9.90 Å². The normalized spacial score (nSPS) is 13.9. The molecule has 0 saturated heterocycles. The molecule has 4 nitrogen and oxygen atoms in total. The first-order valence-corrected chi connectivity index (χ1v) is 6.55. The summed E-state index contributed by atoms with van der Waals surface area (Å²) in [6.45, 7) is 6.52. The molecule has 19 heavy (non-hydrogen) atoms. The maximum atomic E-state index is 10.9. The Morgan fingerprint density at radius 3 is 2.58 bits per heavy atom. The molecule has 0 saturated carbocycles. The molecular weight excluding hydrogens is 240 g/mol. The number of carbonyl (C=O) groups is 1. The summed E-state index contributed by atoms with van der Waals surface area (Å²) < 4.78 is 0. The van der Waals surface area contributed by atoms with Crippen LogP contribution in [0.15, 0.2) is 18.2 Å². The highest BCUT2D eigenvalue weighted by atomic mass is 16.4. The lowest BCUT2D eigenvalue weighted by molar-refractivity contribution is -0.142. The van der Waals surface area contributed by atoms with Crippen LogP contribution in [0.5, 0.6) is 0 Å². The van der Waals surface area contributed by atoms with Crippen molar-refractivity contribution in [1.29, 1.82) is 0 Å². The quantitative estimate of drug-likeness (QED) is 0.827. The summed E-state index contributed by atoms with van der Waals surface area (Å²) in [5, 5.41) is 8.96. The molecule has 1 rings (SSSR count). The van der Waals surface area contributed by atoms with Crippen molar-refractivity contribution >= 4 is 11.7 Å². The smallest absolute Gasteiger partial charge is 0.323 e. The maximum absolute atomic E-state index is 10.9. The average Bonchev–Trinajstić information content (AvgIpc) is 2.28. The Morgan fingerprint density at radius 2 is 2.05 bits per heavy atom. The van der Waals surface area contributed by atoms with Crippen LogP contribution in [0, 0.1) is 13.8 Å². The van der Waals surface area contributed by atoms with Crippen molar-refractivity contribution in [1.82, 2.24) is 0 Å². The summed E-state index contributed by atoms with van der Waals surface area (Å²) in [6, 6.07) is 6.34. The van der Waals surface area contributed by atoms with E-state index in [2.05, 4.69) is 36.9 Å². The minimum Gasteiger partial charge on any atom is -0.480 e. The van der Waals surface area contributed by atoms with E-state index in [9.17, 15) is 4.79 Å². The summed E-state index contributed by atoms with van der Waals surface area (Å²) in [6.07, 6.45) is 1.22. The van der Waals surface area contributed by atoms with Gasteiger partial charge in [0.25, 0.3) is 0 Å². The van der Waals surface area contributed by atoms with Crippen LogP contribution in [0.4, 0.5) is 5.69 Å². The number of nitrogens with zero attached hydrogens (tertiary/aromatic N) is 1. The number of hydrogen-bond donors (Lipinski definition) is 2. The zero-order chi connectivity index (χ0) is 14.6. The predicted molar refractivity (Wildman–Crippen MR) is 78.6 cm³/mol. The molecule has 0 radical (unpaired) electrons. The molecule has 106 valence electrons. The van der Waals surface area contributed by atoms with Gasteiger partial charge in [0.05, 0.1) is 0 Å². The van der Waals surface area contributed by atoms with E-state index in [1.165, 1.54) is 16.8 Å². The van der Waals surface area contributed by atoms with E-state index in [0.29, 0.717) is 6.42 Å².